The molecule has 164 valence electrons. The van der Waals surface area contributed by atoms with E-state index in [-0.39, 0.29) is 17.6 Å². The number of amides is 3. The number of nitrogens with one attached hydrogen (secondary N) is 2. The number of hydrogen-bond donors (Lipinski definition) is 2. The molecule has 2 N–H and O–H groups in total. The molecule has 0 aliphatic rings. The lowest BCUT2D eigenvalue weighted by molar-refractivity contribution is -0.116. The van der Waals surface area contributed by atoms with Gasteiger partial charge in [0.25, 0.3) is 0 Å². The molecule has 0 aliphatic carbocycles. The molecular formula is C22H27N5O3S. The van der Waals surface area contributed by atoms with E-state index in [4.69, 9.17) is 0 Å². The van der Waals surface area contributed by atoms with Gasteiger partial charge < -0.3 is 15.5 Å². The standard InChI is InChI=1S/C19H20N4O2S.C3H7NO/c1-11-12(2)17(9-20)19(21-13(11)3)26-10-18(25)23-16-7-5-6-15(8-16)22-14(4)24;1-4(2)3-5/h5-8H,10H2,1-4H3,(H,22,24)(H,23,25);3H,1-2H3. The summed E-state index contributed by atoms with van der Waals surface area (Å²) in [6, 6.07) is 9.09. The van der Waals surface area contributed by atoms with Gasteiger partial charge in [0.15, 0.2) is 0 Å². The minimum absolute atomic E-state index is 0.133. The van der Waals surface area contributed by atoms with E-state index < -0.39 is 0 Å². The van der Waals surface area contributed by atoms with Gasteiger partial charge in [-0.1, -0.05) is 17.8 Å². The van der Waals surface area contributed by atoms with Crippen LogP contribution in [0.4, 0.5) is 11.4 Å². The summed E-state index contributed by atoms with van der Waals surface area (Å²) in [5, 5.41) is 15.4. The molecule has 0 aliphatic heterocycles. The summed E-state index contributed by atoms with van der Waals surface area (Å²) in [4.78, 5) is 38.7. The first kappa shape index (κ1) is 25.7. The van der Waals surface area contributed by atoms with E-state index in [1.165, 1.54) is 23.6 Å². The second-order valence-corrected chi connectivity index (χ2v) is 7.87. The normalized spacial score (nSPS) is 9.58. The molecule has 0 unspecified atom stereocenters. The van der Waals surface area contributed by atoms with Crippen LogP contribution in [0.1, 0.15) is 29.3 Å². The highest BCUT2D eigenvalue weighted by atomic mass is 32.2. The predicted molar refractivity (Wildman–Crippen MR) is 123 cm³/mol. The lowest BCUT2D eigenvalue weighted by Gasteiger charge is -2.11. The molecule has 0 saturated heterocycles. The summed E-state index contributed by atoms with van der Waals surface area (Å²) < 4.78 is 0. The molecule has 1 aromatic heterocycles. The minimum Gasteiger partial charge on any atom is -0.351 e. The van der Waals surface area contributed by atoms with Crippen LogP contribution in [0.3, 0.4) is 0 Å². The maximum Gasteiger partial charge on any atom is 0.234 e. The van der Waals surface area contributed by atoms with Gasteiger partial charge in [-0.25, -0.2) is 4.98 Å². The lowest BCUT2D eigenvalue weighted by Crippen LogP contribution is -2.15. The molecule has 0 atom stereocenters. The SMILES string of the molecule is CC(=O)Nc1cccc(NC(=O)CSc2nc(C)c(C)c(C)c2C#N)c1.CN(C)C=O. The largest absolute Gasteiger partial charge is 0.351 e. The molecule has 2 aromatic rings. The van der Waals surface area contributed by atoms with E-state index >= 15 is 0 Å². The maximum absolute atomic E-state index is 12.2. The molecule has 1 aromatic carbocycles. The third-order valence-electron chi connectivity index (χ3n) is 4.09. The van der Waals surface area contributed by atoms with E-state index in [1.807, 2.05) is 20.8 Å². The van der Waals surface area contributed by atoms with Crippen molar-refractivity contribution in [1.29, 1.82) is 5.26 Å². The van der Waals surface area contributed by atoms with Gasteiger partial charge in [-0.15, -0.1) is 0 Å². The van der Waals surface area contributed by atoms with Crippen molar-refractivity contribution in [3.8, 4) is 6.07 Å². The molecule has 9 heteroatoms. The van der Waals surface area contributed by atoms with Crippen LogP contribution in [0, 0.1) is 32.1 Å². The summed E-state index contributed by atoms with van der Waals surface area (Å²) in [5.41, 5.74) is 4.45. The van der Waals surface area contributed by atoms with Crippen LogP contribution in [-0.2, 0) is 14.4 Å². The van der Waals surface area contributed by atoms with Crippen molar-refractivity contribution >= 4 is 41.4 Å². The van der Waals surface area contributed by atoms with Gasteiger partial charge in [0.2, 0.25) is 18.2 Å². The van der Waals surface area contributed by atoms with Crippen LogP contribution in [0.2, 0.25) is 0 Å². The fourth-order valence-corrected chi connectivity index (χ4v) is 3.24. The second-order valence-electron chi connectivity index (χ2n) is 6.91. The first-order chi connectivity index (χ1) is 14.6. The van der Waals surface area contributed by atoms with E-state index in [0.717, 1.165) is 23.2 Å². The maximum atomic E-state index is 12.2. The highest BCUT2D eigenvalue weighted by Crippen LogP contribution is 2.26. The molecule has 3 amide bonds. The number of carbonyl (C=O) groups excluding carboxylic acids is 3. The molecule has 1 heterocycles. The molecule has 0 bridgehead atoms. The number of carbonyl (C=O) groups is 3. The summed E-state index contributed by atoms with van der Waals surface area (Å²) in [6.07, 6.45) is 0.750. The van der Waals surface area contributed by atoms with E-state index in [2.05, 4.69) is 21.7 Å². The summed E-state index contributed by atoms with van der Waals surface area (Å²) in [5.74, 6) is -0.255. The van der Waals surface area contributed by atoms with Gasteiger partial charge >= 0.3 is 0 Å². The van der Waals surface area contributed by atoms with Crippen molar-refractivity contribution < 1.29 is 14.4 Å². The quantitative estimate of drug-likeness (QED) is 0.525. The van der Waals surface area contributed by atoms with Crippen LogP contribution >= 0.6 is 11.8 Å². The fourth-order valence-electron chi connectivity index (χ4n) is 2.36. The highest BCUT2D eigenvalue weighted by molar-refractivity contribution is 8.00. The van der Waals surface area contributed by atoms with Crippen LogP contribution in [0.15, 0.2) is 29.3 Å². The fraction of sp³-hybridized carbons (Fsp3) is 0.318. The van der Waals surface area contributed by atoms with Gasteiger partial charge in [-0.05, 0) is 50.1 Å². The summed E-state index contributed by atoms with van der Waals surface area (Å²) in [6.45, 7) is 7.14. The number of anilines is 2. The molecule has 8 nitrogen and oxygen atoms in total. The Morgan fingerprint density at radius 1 is 1.16 bits per heavy atom. The number of thioether (sulfide) groups is 1. The van der Waals surface area contributed by atoms with Crippen molar-refractivity contribution in [3.05, 3.63) is 46.6 Å². The molecule has 0 saturated carbocycles. The molecule has 0 spiro atoms. The Morgan fingerprint density at radius 2 is 1.74 bits per heavy atom. The second kappa shape index (κ2) is 12.3. The number of nitrogens with zero attached hydrogens (tertiary/aromatic N) is 3. The molecule has 0 fully saturated rings. The minimum atomic E-state index is -0.212. The molecule has 0 radical (unpaired) electrons. The Kier molecular flexibility index (Phi) is 10.2. The number of aryl methyl sites for hydroxylation is 1. The topological polar surface area (TPSA) is 115 Å². The van der Waals surface area contributed by atoms with Crippen molar-refractivity contribution in [2.75, 3.05) is 30.5 Å². The van der Waals surface area contributed by atoms with Crippen LogP contribution in [-0.4, -0.2) is 48.0 Å². The van der Waals surface area contributed by atoms with E-state index in [0.29, 0.717) is 22.0 Å². The van der Waals surface area contributed by atoms with Crippen LogP contribution in [0.25, 0.3) is 0 Å². The number of aromatic nitrogens is 1. The first-order valence-corrected chi connectivity index (χ1v) is 10.4. The zero-order chi connectivity index (χ0) is 23.6. The Labute approximate surface area is 187 Å². The molecular weight excluding hydrogens is 414 g/mol. The van der Waals surface area contributed by atoms with Gasteiger partial charge in [0.1, 0.15) is 11.1 Å². The number of pyridine rings is 1. The number of benzene rings is 1. The molecule has 2 rings (SSSR count). The zero-order valence-electron chi connectivity index (χ0n) is 18.6. The van der Waals surface area contributed by atoms with E-state index in [1.54, 1.807) is 38.4 Å². The highest BCUT2D eigenvalue weighted by Gasteiger charge is 2.14. The van der Waals surface area contributed by atoms with Crippen molar-refractivity contribution in [1.82, 2.24) is 9.88 Å². The first-order valence-electron chi connectivity index (χ1n) is 9.39. The van der Waals surface area contributed by atoms with Crippen LogP contribution < -0.4 is 10.6 Å². The van der Waals surface area contributed by atoms with E-state index in [9.17, 15) is 19.6 Å². The monoisotopic (exact) mass is 441 g/mol. The third kappa shape index (κ3) is 8.48. The Morgan fingerprint density at radius 3 is 2.26 bits per heavy atom. The predicted octanol–water partition coefficient (Wildman–Crippen LogP) is 3.27. The third-order valence-corrected chi connectivity index (χ3v) is 5.07. The summed E-state index contributed by atoms with van der Waals surface area (Å²) >= 11 is 1.24. The average molecular weight is 442 g/mol. The Bertz CT molecular complexity index is 999. The number of rotatable bonds is 6. The zero-order valence-corrected chi connectivity index (χ0v) is 19.4. The smallest absolute Gasteiger partial charge is 0.234 e. The van der Waals surface area contributed by atoms with Crippen LogP contribution in [0.5, 0.6) is 0 Å². The molecule has 31 heavy (non-hydrogen) atoms. The van der Waals surface area contributed by atoms with Crippen molar-refractivity contribution in [2.24, 2.45) is 0 Å². The Balaban J connectivity index is 0.000000861. The van der Waals surface area contributed by atoms with Gasteiger partial charge in [0, 0.05) is 38.1 Å². The van der Waals surface area contributed by atoms with Gasteiger partial charge in [0.05, 0.1) is 11.3 Å². The van der Waals surface area contributed by atoms with Gasteiger partial charge in [-0.2, -0.15) is 5.26 Å². The summed E-state index contributed by atoms with van der Waals surface area (Å²) in [7, 11) is 3.38. The Hall–Kier alpha value is -3.38. The van der Waals surface area contributed by atoms with Gasteiger partial charge in [-0.3, -0.25) is 14.4 Å². The number of nitriles is 1. The average Bonchev–Trinajstić information content (AvgIpc) is 2.70. The lowest BCUT2D eigenvalue weighted by atomic mass is 10.1. The van der Waals surface area contributed by atoms with Crippen molar-refractivity contribution in [2.45, 2.75) is 32.7 Å². The van der Waals surface area contributed by atoms with Crippen molar-refractivity contribution in [3.63, 3.8) is 0 Å². The number of hydrogen-bond acceptors (Lipinski definition) is 6.